The molecule has 40 heavy (non-hydrogen) atoms. The van der Waals surface area contributed by atoms with Crippen LogP contribution in [0.5, 0.6) is 5.75 Å². The summed E-state index contributed by atoms with van der Waals surface area (Å²) in [5.74, 6) is -0.0936. The summed E-state index contributed by atoms with van der Waals surface area (Å²) in [4.78, 5) is 36.5. The van der Waals surface area contributed by atoms with E-state index in [1.54, 1.807) is 34.9 Å². The van der Waals surface area contributed by atoms with Crippen LogP contribution in [-0.2, 0) is 13.0 Å². The van der Waals surface area contributed by atoms with Gasteiger partial charge in [0, 0.05) is 24.9 Å². The van der Waals surface area contributed by atoms with Crippen LogP contribution in [0, 0.1) is 10.1 Å². The van der Waals surface area contributed by atoms with Gasteiger partial charge in [0.1, 0.15) is 0 Å². The number of nitro groups is 1. The molecule has 2 N–H and O–H groups in total. The smallest absolute Gasteiger partial charge is 0.310 e. The molecule has 0 atom stereocenters. The molecule has 1 aromatic heterocycles. The molecule has 4 aromatic carbocycles. The number of nitrogens with one attached hydrogen (secondary N) is 2. The molecule has 0 unspecified atom stereocenters. The number of nitrogens with zero attached hydrogens (tertiary/aromatic N) is 2. The molecule has 0 spiro atoms. The molecule has 9 heteroatoms. The second kappa shape index (κ2) is 10.0. The third kappa shape index (κ3) is 4.64. The highest BCUT2D eigenvalue weighted by atomic mass is 16.6. The molecule has 0 bridgehead atoms. The van der Waals surface area contributed by atoms with Crippen molar-refractivity contribution in [2.45, 2.75) is 13.0 Å². The van der Waals surface area contributed by atoms with Crippen LogP contribution in [0.1, 0.15) is 15.9 Å². The molecule has 9 nitrogen and oxygen atoms in total. The highest BCUT2D eigenvalue weighted by molar-refractivity contribution is 6.12. The van der Waals surface area contributed by atoms with Crippen LogP contribution in [0.15, 0.2) is 95.9 Å². The molecule has 0 aliphatic carbocycles. The number of carbonyl (C=O) groups is 1. The third-order valence-electron chi connectivity index (χ3n) is 7.07. The number of amides is 1. The highest BCUT2D eigenvalue weighted by Crippen LogP contribution is 2.37. The Labute approximate surface area is 228 Å². The highest BCUT2D eigenvalue weighted by Gasteiger charge is 2.21. The van der Waals surface area contributed by atoms with Gasteiger partial charge >= 0.3 is 5.69 Å². The normalized spacial score (nSPS) is 12.1. The first kappa shape index (κ1) is 24.9. The lowest BCUT2D eigenvalue weighted by Gasteiger charge is -2.12. The molecule has 0 fully saturated rings. The van der Waals surface area contributed by atoms with Crippen molar-refractivity contribution >= 4 is 39.4 Å². The van der Waals surface area contributed by atoms with Gasteiger partial charge in [0.15, 0.2) is 5.75 Å². The average Bonchev–Trinajstić information content (AvgIpc) is 3.10. The molecule has 6 rings (SSSR count). The maximum absolute atomic E-state index is 13.1. The first-order valence-corrected chi connectivity index (χ1v) is 12.7. The molecule has 2 heterocycles. The van der Waals surface area contributed by atoms with Crippen LogP contribution in [0.3, 0.4) is 0 Å². The zero-order chi connectivity index (χ0) is 27.8. The van der Waals surface area contributed by atoms with Crippen LogP contribution < -0.4 is 20.9 Å². The van der Waals surface area contributed by atoms with E-state index in [0.29, 0.717) is 29.9 Å². The quantitative estimate of drug-likeness (QED) is 0.201. The Balaban J connectivity index is 1.26. The minimum Gasteiger partial charge on any atom is -0.490 e. The molecular formula is C31H24N4O5. The number of rotatable bonds is 6. The van der Waals surface area contributed by atoms with Crippen LogP contribution in [0.25, 0.3) is 21.9 Å². The Kier molecular flexibility index (Phi) is 6.24. The van der Waals surface area contributed by atoms with Gasteiger partial charge in [0.05, 0.1) is 34.7 Å². The number of hydrogen-bond acceptors (Lipinski definition) is 6. The average molecular weight is 533 g/mol. The summed E-state index contributed by atoms with van der Waals surface area (Å²) in [5.41, 5.74) is 4.75. The van der Waals surface area contributed by atoms with Crippen molar-refractivity contribution in [2.75, 3.05) is 17.7 Å². The molecular weight excluding hydrogens is 508 g/mol. The predicted molar refractivity (Wildman–Crippen MR) is 155 cm³/mol. The van der Waals surface area contributed by atoms with E-state index in [9.17, 15) is 19.7 Å². The first-order chi connectivity index (χ1) is 19.4. The number of benzene rings is 4. The summed E-state index contributed by atoms with van der Waals surface area (Å²) in [7, 11) is 1.39. The Morgan fingerprint density at radius 2 is 1.60 bits per heavy atom. The van der Waals surface area contributed by atoms with Gasteiger partial charge in [-0.05, 0) is 70.3 Å². The SMILES string of the molecule is COc1cc(-c2ccc3c(c2)Nc2ccc(CCn4cc5ccccc5cc4=O)cc2NC3=O)ccc1[N+](=O)[O-]. The second-order valence-electron chi connectivity index (χ2n) is 9.55. The Bertz CT molecular complexity index is 1880. The van der Waals surface area contributed by atoms with E-state index >= 15 is 0 Å². The minimum atomic E-state index is -0.489. The molecule has 5 aromatic rings. The third-order valence-corrected chi connectivity index (χ3v) is 7.07. The maximum atomic E-state index is 13.1. The number of aromatic nitrogens is 1. The van der Waals surface area contributed by atoms with Crippen LogP contribution in [0.4, 0.5) is 22.7 Å². The topological polar surface area (TPSA) is 116 Å². The van der Waals surface area contributed by atoms with Crippen molar-refractivity contribution in [3.8, 4) is 16.9 Å². The van der Waals surface area contributed by atoms with E-state index in [2.05, 4.69) is 10.6 Å². The fourth-order valence-electron chi connectivity index (χ4n) is 4.96. The number of carbonyl (C=O) groups excluding carboxylic acids is 1. The predicted octanol–water partition coefficient (Wildman–Crippen LogP) is 6.14. The van der Waals surface area contributed by atoms with E-state index < -0.39 is 4.92 Å². The van der Waals surface area contributed by atoms with Gasteiger partial charge in [-0.25, -0.2) is 0 Å². The van der Waals surface area contributed by atoms with Crippen molar-refractivity contribution in [1.29, 1.82) is 0 Å². The summed E-state index contributed by atoms with van der Waals surface area (Å²) in [6.07, 6.45) is 2.49. The number of anilines is 3. The van der Waals surface area contributed by atoms with Gasteiger partial charge in [-0.3, -0.25) is 19.7 Å². The lowest BCUT2D eigenvalue weighted by atomic mass is 10.0. The van der Waals surface area contributed by atoms with Gasteiger partial charge in [0.25, 0.3) is 11.5 Å². The summed E-state index contributed by atoms with van der Waals surface area (Å²) in [6.45, 7) is 0.506. The number of pyridine rings is 1. The zero-order valence-electron chi connectivity index (χ0n) is 21.5. The molecule has 0 saturated carbocycles. The number of fused-ring (bicyclic) bond motifs is 3. The first-order valence-electron chi connectivity index (χ1n) is 12.7. The summed E-state index contributed by atoms with van der Waals surface area (Å²) in [5, 5.41) is 19.5. The number of methoxy groups -OCH3 is 1. The van der Waals surface area contributed by atoms with Gasteiger partial charge in [-0.1, -0.05) is 36.4 Å². The van der Waals surface area contributed by atoms with Crippen molar-refractivity contribution in [1.82, 2.24) is 4.57 Å². The summed E-state index contributed by atoms with van der Waals surface area (Å²) < 4.78 is 6.91. The summed E-state index contributed by atoms with van der Waals surface area (Å²) >= 11 is 0. The standard InChI is InChI=1S/C31H24N4O5/c1-40-29-16-22(8-11-28(29)35(38)39)21-7-9-24-26(15-21)32-25-10-6-19(14-27(25)33-31(24)37)12-13-34-18-23-5-3-2-4-20(23)17-30(34)36/h2-11,14-18,32H,12-13H2,1H3,(H,33,37). The largest absolute Gasteiger partial charge is 0.490 e. The number of hydrogen-bond donors (Lipinski definition) is 2. The number of ether oxygens (including phenoxy) is 1. The van der Waals surface area contributed by atoms with E-state index in [4.69, 9.17) is 4.74 Å². The minimum absolute atomic E-state index is 0.0553. The van der Waals surface area contributed by atoms with Crippen molar-refractivity contribution in [3.05, 3.63) is 123 Å². The molecule has 1 aliphatic rings. The van der Waals surface area contributed by atoms with Crippen molar-refractivity contribution in [2.24, 2.45) is 0 Å². The van der Waals surface area contributed by atoms with Gasteiger partial charge in [-0.15, -0.1) is 0 Å². The van der Waals surface area contributed by atoms with E-state index in [0.717, 1.165) is 33.2 Å². The van der Waals surface area contributed by atoms with Crippen molar-refractivity contribution < 1.29 is 14.5 Å². The van der Waals surface area contributed by atoms with E-state index in [-0.39, 0.29) is 22.9 Å². The Hall–Kier alpha value is -5.44. The van der Waals surface area contributed by atoms with Gasteiger partial charge < -0.3 is 19.9 Å². The van der Waals surface area contributed by atoms with E-state index in [1.807, 2.05) is 54.7 Å². The monoisotopic (exact) mass is 532 g/mol. The Morgan fingerprint density at radius 1 is 0.825 bits per heavy atom. The fraction of sp³-hybridized carbons (Fsp3) is 0.0968. The fourth-order valence-corrected chi connectivity index (χ4v) is 4.96. The van der Waals surface area contributed by atoms with Gasteiger partial charge in [0.2, 0.25) is 0 Å². The van der Waals surface area contributed by atoms with E-state index in [1.165, 1.54) is 13.2 Å². The lowest BCUT2D eigenvalue weighted by molar-refractivity contribution is -0.385. The number of nitro benzene ring substituents is 1. The Morgan fingerprint density at radius 3 is 2.40 bits per heavy atom. The summed E-state index contributed by atoms with van der Waals surface area (Å²) in [6, 6.07) is 25.2. The zero-order valence-corrected chi connectivity index (χ0v) is 21.5. The second-order valence-corrected chi connectivity index (χ2v) is 9.55. The lowest BCUT2D eigenvalue weighted by Crippen LogP contribution is -2.19. The molecule has 0 radical (unpaired) electrons. The maximum Gasteiger partial charge on any atom is 0.310 e. The molecule has 1 amide bonds. The van der Waals surface area contributed by atoms with Crippen molar-refractivity contribution in [3.63, 3.8) is 0 Å². The number of aryl methyl sites for hydroxylation is 2. The molecule has 0 saturated heterocycles. The van der Waals surface area contributed by atoms with Crippen LogP contribution >= 0.6 is 0 Å². The van der Waals surface area contributed by atoms with Crippen LogP contribution in [0.2, 0.25) is 0 Å². The molecule has 1 aliphatic heterocycles. The van der Waals surface area contributed by atoms with Crippen LogP contribution in [-0.4, -0.2) is 22.5 Å². The molecule has 198 valence electrons. The van der Waals surface area contributed by atoms with Gasteiger partial charge in [-0.2, -0.15) is 0 Å².